The van der Waals surface area contributed by atoms with Gasteiger partial charge in [0, 0.05) is 44.3 Å². The summed E-state index contributed by atoms with van der Waals surface area (Å²) in [6.07, 6.45) is 2.39. The molecular weight excluding hydrogens is 765 g/mol. The van der Waals surface area contributed by atoms with E-state index in [9.17, 15) is 0 Å². The summed E-state index contributed by atoms with van der Waals surface area (Å²) < 4.78 is 2.36. The maximum atomic E-state index is 5.29. The predicted molar refractivity (Wildman–Crippen MR) is 262 cm³/mol. The third-order valence-corrected chi connectivity index (χ3v) is 12.4. The summed E-state index contributed by atoms with van der Waals surface area (Å²) in [4.78, 5) is 10.5. The summed E-state index contributed by atoms with van der Waals surface area (Å²) in [7, 11) is 0. The fourth-order valence-corrected chi connectivity index (χ4v) is 9.46. The molecule has 1 aliphatic heterocycles. The van der Waals surface area contributed by atoms with Gasteiger partial charge in [-0.2, -0.15) is 0 Å². The van der Waals surface area contributed by atoms with Gasteiger partial charge in [0.15, 0.2) is 5.82 Å². The monoisotopic (exact) mass is 804 g/mol. The molecule has 296 valence electrons. The van der Waals surface area contributed by atoms with Gasteiger partial charge in [0.1, 0.15) is 0 Å². The van der Waals surface area contributed by atoms with Crippen LogP contribution in [0.25, 0.3) is 88.9 Å². The molecule has 1 unspecified atom stereocenters. The zero-order valence-corrected chi connectivity index (χ0v) is 34.4. The Kier molecular flexibility index (Phi) is 8.86. The second-order valence-electron chi connectivity index (χ2n) is 16.2. The summed E-state index contributed by atoms with van der Waals surface area (Å²) in [5, 5.41) is 8.91. The van der Waals surface area contributed by atoms with Crippen molar-refractivity contribution in [2.45, 2.75) is 6.04 Å². The second-order valence-corrected chi connectivity index (χ2v) is 16.2. The fraction of sp³-hybridized carbons (Fsp3) is 0.0169. The van der Waals surface area contributed by atoms with Crippen LogP contribution in [0.5, 0.6) is 0 Å². The van der Waals surface area contributed by atoms with E-state index in [0.717, 1.165) is 50.6 Å². The van der Waals surface area contributed by atoms with Gasteiger partial charge in [-0.1, -0.05) is 182 Å². The van der Waals surface area contributed by atoms with Gasteiger partial charge < -0.3 is 9.88 Å². The molecule has 0 aliphatic carbocycles. The van der Waals surface area contributed by atoms with Gasteiger partial charge in [0.25, 0.3) is 0 Å². The largest absolute Gasteiger partial charge is 0.374 e. The lowest BCUT2D eigenvalue weighted by molar-refractivity contribution is 0.975. The molecule has 0 amide bonds. The molecule has 63 heavy (non-hydrogen) atoms. The highest BCUT2D eigenvalue weighted by Crippen LogP contribution is 2.48. The van der Waals surface area contributed by atoms with Gasteiger partial charge >= 0.3 is 0 Å². The Morgan fingerprint density at radius 3 is 1.65 bits per heavy atom. The van der Waals surface area contributed by atoms with Crippen molar-refractivity contribution in [3.63, 3.8) is 0 Å². The summed E-state index contributed by atoms with van der Waals surface area (Å²) in [5.41, 5.74) is 16.4. The molecule has 0 radical (unpaired) electrons. The van der Waals surface area contributed by atoms with E-state index in [-0.39, 0.29) is 6.04 Å². The molecule has 12 rings (SSSR count). The fourth-order valence-electron chi connectivity index (χ4n) is 9.46. The van der Waals surface area contributed by atoms with Crippen LogP contribution >= 0.6 is 0 Å². The van der Waals surface area contributed by atoms with E-state index in [2.05, 4.69) is 222 Å². The number of hydrogen-bond acceptors (Lipinski definition) is 3. The van der Waals surface area contributed by atoms with Gasteiger partial charge in [-0.05, 0) is 81.6 Å². The topological polar surface area (TPSA) is 42.7 Å². The lowest BCUT2D eigenvalue weighted by Gasteiger charge is -2.30. The van der Waals surface area contributed by atoms with E-state index < -0.39 is 0 Å². The van der Waals surface area contributed by atoms with E-state index in [0.29, 0.717) is 5.82 Å². The SMILES string of the molecule is C1=C(c2ccccc2)c2c(c(-c3cccc(-c4cc(-c5cccc(-n6c7ccccc7c7ccccc76)c5)nc(-c5ccccc5)n4)c3)cc3ccccc23)NC1c1ccccc1. The average Bonchev–Trinajstić information content (AvgIpc) is 3.71. The number of hydrogen-bond donors (Lipinski definition) is 1. The second kappa shape index (κ2) is 15.3. The smallest absolute Gasteiger partial charge is 0.160 e. The Hall–Kier alpha value is -8.34. The molecule has 0 spiro atoms. The molecule has 4 heteroatoms. The lowest BCUT2D eigenvalue weighted by atomic mass is 9.83. The van der Waals surface area contributed by atoms with Crippen LogP contribution in [0.2, 0.25) is 0 Å². The molecule has 0 bridgehead atoms. The minimum absolute atomic E-state index is 0.0202. The highest BCUT2D eigenvalue weighted by atomic mass is 15.0. The first kappa shape index (κ1) is 36.5. The quantitative estimate of drug-likeness (QED) is 0.174. The standard InChI is InChI=1S/C59H40N4/c1-4-18-39(19-5-1)50-37-52(40-20-6-2-7-21-40)60-58-51(36-43-24-10-11-29-47(43)57(50)58)42-25-16-26-44(34-42)53-38-54(62-59(61-53)41-22-8-3-9-23-41)45-27-17-28-46(35-45)63-55-32-14-12-30-48(55)49-31-13-15-33-56(49)63/h1-38,52,60H. The first-order chi connectivity index (χ1) is 31.2. The van der Waals surface area contributed by atoms with Crippen LogP contribution in [-0.4, -0.2) is 14.5 Å². The van der Waals surface area contributed by atoms with Crippen LogP contribution in [0, 0.1) is 0 Å². The van der Waals surface area contributed by atoms with Crippen LogP contribution < -0.4 is 5.32 Å². The molecule has 1 aliphatic rings. The molecule has 2 aromatic heterocycles. The molecule has 1 atom stereocenters. The summed E-state index contributed by atoms with van der Waals surface area (Å²) in [6.45, 7) is 0. The number of benzene rings is 9. The number of para-hydroxylation sites is 2. The molecule has 1 N–H and O–H groups in total. The van der Waals surface area contributed by atoms with Crippen molar-refractivity contribution in [1.29, 1.82) is 0 Å². The number of rotatable bonds is 7. The molecule has 3 heterocycles. The first-order valence-corrected chi connectivity index (χ1v) is 21.5. The lowest BCUT2D eigenvalue weighted by Crippen LogP contribution is -2.16. The van der Waals surface area contributed by atoms with Crippen LogP contribution in [0.3, 0.4) is 0 Å². The van der Waals surface area contributed by atoms with Gasteiger partial charge in [-0.3, -0.25) is 0 Å². The number of fused-ring (bicyclic) bond motifs is 6. The molecule has 0 saturated heterocycles. The molecule has 0 saturated carbocycles. The van der Waals surface area contributed by atoms with Crippen molar-refractivity contribution in [1.82, 2.24) is 14.5 Å². The first-order valence-electron chi connectivity index (χ1n) is 21.5. The van der Waals surface area contributed by atoms with E-state index in [1.165, 1.54) is 54.8 Å². The normalized spacial score (nSPS) is 13.5. The van der Waals surface area contributed by atoms with Crippen LogP contribution in [0.15, 0.2) is 231 Å². The van der Waals surface area contributed by atoms with Crippen molar-refractivity contribution >= 4 is 43.8 Å². The van der Waals surface area contributed by atoms with Crippen molar-refractivity contribution in [2.24, 2.45) is 0 Å². The molecule has 11 aromatic rings. The van der Waals surface area contributed by atoms with Gasteiger partial charge in [-0.25, -0.2) is 9.97 Å². The number of anilines is 1. The maximum absolute atomic E-state index is 5.29. The van der Waals surface area contributed by atoms with E-state index in [1.54, 1.807) is 0 Å². The zero-order chi connectivity index (χ0) is 41.7. The summed E-state index contributed by atoms with van der Waals surface area (Å²) in [5.74, 6) is 0.684. The molecule has 9 aromatic carbocycles. The maximum Gasteiger partial charge on any atom is 0.160 e. The Balaban J connectivity index is 1.03. The van der Waals surface area contributed by atoms with E-state index in [4.69, 9.17) is 9.97 Å². The average molecular weight is 805 g/mol. The van der Waals surface area contributed by atoms with Gasteiger partial charge in [0.05, 0.1) is 34.2 Å². The number of nitrogens with one attached hydrogen (secondary N) is 1. The summed E-state index contributed by atoms with van der Waals surface area (Å²) in [6, 6.07) is 79.9. The van der Waals surface area contributed by atoms with E-state index >= 15 is 0 Å². The molecular formula is C59H40N4. The summed E-state index contributed by atoms with van der Waals surface area (Å²) >= 11 is 0. The van der Waals surface area contributed by atoms with Crippen LogP contribution in [0.1, 0.15) is 22.7 Å². The Labute approximate surface area is 366 Å². The molecule has 4 nitrogen and oxygen atoms in total. The van der Waals surface area contributed by atoms with Crippen molar-refractivity contribution < 1.29 is 0 Å². The molecule has 0 fully saturated rings. The number of aromatic nitrogens is 3. The predicted octanol–water partition coefficient (Wildman–Crippen LogP) is 15.0. The van der Waals surface area contributed by atoms with Gasteiger partial charge in [0.2, 0.25) is 0 Å². The van der Waals surface area contributed by atoms with Crippen LogP contribution in [-0.2, 0) is 0 Å². The van der Waals surface area contributed by atoms with Crippen LogP contribution in [0.4, 0.5) is 5.69 Å². The Morgan fingerprint density at radius 1 is 0.413 bits per heavy atom. The van der Waals surface area contributed by atoms with E-state index in [1.807, 2.05) is 18.2 Å². The highest BCUT2D eigenvalue weighted by Gasteiger charge is 2.27. The third kappa shape index (κ3) is 6.48. The van der Waals surface area contributed by atoms with Crippen molar-refractivity contribution in [3.8, 4) is 50.7 Å². The van der Waals surface area contributed by atoms with Crippen molar-refractivity contribution in [2.75, 3.05) is 5.32 Å². The Bertz CT molecular complexity index is 3480. The van der Waals surface area contributed by atoms with Gasteiger partial charge in [-0.15, -0.1) is 0 Å². The minimum atomic E-state index is -0.0202. The Morgan fingerprint density at radius 2 is 0.952 bits per heavy atom. The highest BCUT2D eigenvalue weighted by molar-refractivity contribution is 6.10. The van der Waals surface area contributed by atoms with Crippen molar-refractivity contribution in [3.05, 3.63) is 247 Å². The number of nitrogens with zero attached hydrogens (tertiary/aromatic N) is 3. The minimum Gasteiger partial charge on any atom is -0.374 e. The zero-order valence-electron chi connectivity index (χ0n) is 34.4. The third-order valence-electron chi connectivity index (χ3n) is 12.4.